The van der Waals surface area contributed by atoms with Crippen LogP contribution in [0.5, 0.6) is 0 Å². The summed E-state index contributed by atoms with van der Waals surface area (Å²) in [5.41, 5.74) is 13.5. The highest BCUT2D eigenvalue weighted by Crippen LogP contribution is 2.51. The Balaban J connectivity index is 1.05. The number of benzene rings is 1. The minimum Gasteiger partial charge on any atom is -0.355 e. The van der Waals surface area contributed by atoms with Gasteiger partial charge in [0.15, 0.2) is 17.0 Å². The standard InChI is InChI=1S/C28H28ClN9O/c29-20-6-5-17-18(32-20)14-28(25(17)30)8-10-36(11-9-28)21-15-31-23-26(33-21)34-35-27(23)37-12-13-38-22(39)7-4-16-2-1-3-19(37)24(16)38/h1-3,5-6,15,25H,4,7-14,30H2,(H,33,34,35)/t25-/m1/s1. The number of nitrogens with two attached hydrogens (primary N) is 1. The molecule has 1 aromatic carbocycles. The fraction of sp³-hybridized carbons (Fsp3) is 0.393. The lowest BCUT2D eigenvalue weighted by molar-refractivity contribution is -0.118. The molecule has 0 saturated carbocycles. The van der Waals surface area contributed by atoms with Gasteiger partial charge in [0.2, 0.25) is 5.91 Å². The molecule has 3 aromatic heterocycles. The second-order valence-corrected chi connectivity index (χ2v) is 11.5. The predicted octanol–water partition coefficient (Wildman–Crippen LogP) is 3.67. The van der Waals surface area contributed by atoms with Crippen molar-refractivity contribution >= 4 is 51.7 Å². The van der Waals surface area contributed by atoms with Crippen molar-refractivity contribution in [3.05, 3.63) is 58.5 Å². The van der Waals surface area contributed by atoms with Crippen LogP contribution < -0.4 is 20.4 Å². The van der Waals surface area contributed by atoms with E-state index in [-0.39, 0.29) is 17.4 Å². The van der Waals surface area contributed by atoms with Gasteiger partial charge >= 0.3 is 0 Å². The third-order valence-electron chi connectivity index (χ3n) is 9.18. The molecule has 8 rings (SSSR count). The number of para-hydroxylation sites is 1. The topological polar surface area (TPSA) is 120 Å². The quantitative estimate of drug-likeness (QED) is 0.369. The van der Waals surface area contributed by atoms with Crippen molar-refractivity contribution in [1.82, 2.24) is 25.1 Å². The minimum absolute atomic E-state index is 0.00749. The van der Waals surface area contributed by atoms with Crippen LogP contribution in [-0.2, 0) is 17.6 Å². The molecule has 198 valence electrons. The first-order valence-corrected chi connectivity index (χ1v) is 14.0. The Hall–Kier alpha value is -3.76. The zero-order valence-electron chi connectivity index (χ0n) is 21.4. The van der Waals surface area contributed by atoms with Gasteiger partial charge in [0.25, 0.3) is 0 Å². The van der Waals surface area contributed by atoms with Gasteiger partial charge in [-0.15, -0.1) is 0 Å². The number of hydrogen-bond donors (Lipinski definition) is 2. The summed E-state index contributed by atoms with van der Waals surface area (Å²) in [7, 11) is 0. The largest absolute Gasteiger partial charge is 0.355 e. The van der Waals surface area contributed by atoms with E-state index < -0.39 is 0 Å². The van der Waals surface area contributed by atoms with Gasteiger partial charge in [-0.05, 0) is 54.4 Å². The van der Waals surface area contributed by atoms with Crippen LogP contribution in [-0.4, -0.2) is 57.2 Å². The summed E-state index contributed by atoms with van der Waals surface area (Å²) in [4.78, 5) is 33.3. The zero-order chi connectivity index (χ0) is 26.3. The van der Waals surface area contributed by atoms with Gasteiger partial charge in [0, 0.05) is 44.3 Å². The average Bonchev–Trinajstić information content (AvgIpc) is 3.49. The number of aryl methyl sites for hydroxylation is 1. The Morgan fingerprint density at radius 1 is 1.03 bits per heavy atom. The summed E-state index contributed by atoms with van der Waals surface area (Å²) >= 11 is 6.15. The lowest BCUT2D eigenvalue weighted by Gasteiger charge is -2.42. The van der Waals surface area contributed by atoms with E-state index in [0.717, 1.165) is 78.6 Å². The van der Waals surface area contributed by atoms with E-state index in [4.69, 9.17) is 27.3 Å². The molecule has 3 aliphatic heterocycles. The molecule has 0 bridgehead atoms. The molecule has 39 heavy (non-hydrogen) atoms. The molecule has 1 spiro atoms. The number of amides is 1. The van der Waals surface area contributed by atoms with Crippen LogP contribution in [0.4, 0.5) is 23.0 Å². The Morgan fingerprint density at radius 3 is 2.74 bits per heavy atom. The van der Waals surface area contributed by atoms with Gasteiger partial charge in [0.1, 0.15) is 11.0 Å². The van der Waals surface area contributed by atoms with Crippen LogP contribution in [0.25, 0.3) is 11.2 Å². The molecule has 1 fully saturated rings. The number of anilines is 4. The molecule has 4 aliphatic rings. The smallest absolute Gasteiger partial charge is 0.227 e. The van der Waals surface area contributed by atoms with Crippen molar-refractivity contribution in [2.45, 2.75) is 38.1 Å². The van der Waals surface area contributed by atoms with Gasteiger partial charge in [-0.1, -0.05) is 29.8 Å². The van der Waals surface area contributed by atoms with E-state index in [2.05, 4.69) is 43.2 Å². The number of carbonyl (C=O) groups is 1. The second-order valence-electron chi connectivity index (χ2n) is 11.1. The fourth-order valence-electron chi connectivity index (χ4n) is 7.06. The third kappa shape index (κ3) is 3.40. The summed E-state index contributed by atoms with van der Waals surface area (Å²) in [6.45, 7) is 2.99. The van der Waals surface area contributed by atoms with Crippen LogP contribution in [0, 0.1) is 5.41 Å². The number of aromatic amines is 1. The highest BCUT2D eigenvalue weighted by Gasteiger charge is 2.47. The Morgan fingerprint density at radius 2 is 1.87 bits per heavy atom. The number of H-pyrrole nitrogens is 1. The van der Waals surface area contributed by atoms with Crippen molar-refractivity contribution in [1.29, 1.82) is 0 Å². The van der Waals surface area contributed by atoms with Gasteiger partial charge < -0.3 is 20.4 Å². The fourth-order valence-corrected chi connectivity index (χ4v) is 7.23. The predicted molar refractivity (Wildman–Crippen MR) is 150 cm³/mol. The summed E-state index contributed by atoms with van der Waals surface area (Å²) in [5.74, 6) is 1.77. The Bertz CT molecular complexity index is 1640. The van der Waals surface area contributed by atoms with E-state index in [9.17, 15) is 4.79 Å². The van der Waals surface area contributed by atoms with Crippen LogP contribution in [0.15, 0.2) is 36.5 Å². The first-order chi connectivity index (χ1) is 19.0. The van der Waals surface area contributed by atoms with Gasteiger partial charge in [0.05, 0.1) is 17.6 Å². The maximum Gasteiger partial charge on any atom is 0.227 e. The highest BCUT2D eigenvalue weighted by molar-refractivity contribution is 6.29. The first kappa shape index (κ1) is 23.2. The molecule has 1 atom stereocenters. The Labute approximate surface area is 230 Å². The van der Waals surface area contributed by atoms with Crippen molar-refractivity contribution in [3.63, 3.8) is 0 Å². The summed E-state index contributed by atoms with van der Waals surface area (Å²) < 4.78 is 0. The van der Waals surface area contributed by atoms with Crippen LogP contribution in [0.3, 0.4) is 0 Å². The van der Waals surface area contributed by atoms with Crippen molar-refractivity contribution < 1.29 is 4.79 Å². The number of fused-ring (bicyclic) bond motifs is 2. The maximum absolute atomic E-state index is 12.6. The SMILES string of the molecule is N[C@@H]1c2ccc(Cl)nc2CC12CCN(c1cnc3c(N4CCN5C(=O)CCc6cccc4c65)n[nH]c3n1)CC2. The summed E-state index contributed by atoms with van der Waals surface area (Å²) in [5, 5.41) is 8.29. The van der Waals surface area contributed by atoms with Gasteiger partial charge in [-0.25, -0.2) is 15.0 Å². The third-order valence-corrected chi connectivity index (χ3v) is 9.39. The van der Waals surface area contributed by atoms with Crippen molar-refractivity contribution in [3.8, 4) is 0 Å². The molecule has 0 radical (unpaired) electrons. The lowest BCUT2D eigenvalue weighted by atomic mass is 9.73. The highest BCUT2D eigenvalue weighted by atomic mass is 35.5. The summed E-state index contributed by atoms with van der Waals surface area (Å²) in [6.07, 6.45) is 5.97. The van der Waals surface area contributed by atoms with E-state index in [1.165, 1.54) is 5.56 Å². The first-order valence-electron chi connectivity index (χ1n) is 13.6. The number of halogens is 1. The molecular weight excluding hydrogens is 514 g/mol. The molecule has 1 amide bonds. The van der Waals surface area contributed by atoms with E-state index in [1.807, 2.05) is 23.2 Å². The van der Waals surface area contributed by atoms with Crippen LogP contribution in [0.2, 0.25) is 5.15 Å². The average molecular weight is 542 g/mol. The van der Waals surface area contributed by atoms with Crippen molar-refractivity contribution in [2.24, 2.45) is 11.1 Å². The van der Waals surface area contributed by atoms with E-state index in [1.54, 1.807) is 0 Å². The number of carbonyl (C=O) groups excluding carboxylic acids is 1. The number of pyridine rings is 1. The summed E-state index contributed by atoms with van der Waals surface area (Å²) in [6, 6.07) is 10.1. The normalized spacial score (nSPS) is 21.5. The molecule has 1 saturated heterocycles. The molecule has 10 nitrogen and oxygen atoms in total. The van der Waals surface area contributed by atoms with Crippen LogP contribution in [0.1, 0.15) is 42.1 Å². The lowest BCUT2D eigenvalue weighted by Crippen LogP contribution is -2.45. The number of rotatable bonds is 2. The molecule has 4 aromatic rings. The molecule has 1 aliphatic carbocycles. The number of nitrogens with one attached hydrogen (secondary N) is 1. The Kier molecular flexibility index (Phi) is 4.97. The number of hydrogen-bond acceptors (Lipinski definition) is 8. The van der Waals surface area contributed by atoms with E-state index >= 15 is 0 Å². The number of aromatic nitrogens is 5. The molecule has 3 N–H and O–H groups in total. The zero-order valence-corrected chi connectivity index (χ0v) is 22.2. The van der Waals surface area contributed by atoms with Crippen molar-refractivity contribution in [2.75, 3.05) is 40.9 Å². The number of piperidine rings is 1. The molecule has 0 unspecified atom stereocenters. The van der Waals surface area contributed by atoms with Gasteiger partial charge in [-0.3, -0.25) is 9.89 Å². The monoisotopic (exact) mass is 541 g/mol. The van der Waals surface area contributed by atoms with E-state index in [0.29, 0.717) is 30.3 Å². The molecule has 11 heteroatoms. The second kappa shape index (κ2) is 8.37. The molecular formula is C28H28ClN9O. The maximum atomic E-state index is 12.6. The molecule has 6 heterocycles. The number of nitrogens with zero attached hydrogens (tertiary/aromatic N) is 7. The van der Waals surface area contributed by atoms with Crippen LogP contribution >= 0.6 is 11.6 Å². The van der Waals surface area contributed by atoms with Gasteiger partial charge in [-0.2, -0.15) is 5.10 Å². The minimum atomic E-state index is -0.0253.